The molecular weight excluding hydrogens is 853 g/mol. The summed E-state index contributed by atoms with van der Waals surface area (Å²) in [7, 11) is 0. The van der Waals surface area contributed by atoms with Crippen LogP contribution in [0.2, 0.25) is 0 Å². The number of esters is 3. The van der Waals surface area contributed by atoms with Crippen LogP contribution in [0.25, 0.3) is 0 Å². The zero-order valence-corrected chi connectivity index (χ0v) is 44.5. The van der Waals surface area contributed by atoms with Gasteiger partial charge in [-0.15, -0.1) is 0 Å². The summed E-state index contributed by atoms with van der Waals surface area (Å²) >= 11 is 0. The van der Waals surface area contributed by atoms with Crippen molar-refractivity contribution in [3.63, 3.8) is 0 Å². The first-order valence-corrected chi connectivity index (χ1v) is 28.0. The second-order valence-corrected chi connectivity index (χ2v) is 18.1. The van der Waals surface area contributed by atoms with Crippen molar-refractivity contribution < 1.29 is 28.6 Å². The average Bonchev–Trinajstić information content (AvgIpc) is 3.35. The maximum absolute atomic E-state index is 12.8. The van der Waals surface area contributed by atoms with E-state index in [1.165, 1.54) is 64.2 Å². The van der Waals surface area contributed by atoms with E-state index in [1.54, 1.807) is 0 Å². The second kappa shape index (κ2) is 56.4. The normalized spacial score (nSPS) is 13.0. The Bertz CT molecular complexity index is 1470. The third-order valence-electron chi connectivity index (χ3n) is 11.4. The topological polar surface area (TPSA) is 78.9 Å². The Balaban J connectivity index is 4.52. The van der Waals surface area contributed by atoms with E-state index in [1.807, 2.05) is 0 Å². The molecule has 6 heteroatoms. The van der Waals surface area contributed by atoms with E-state index in [-0.39, 0.29) is 37.5 Å². The molecule has 6 nitrogen and oxygen atoms in total. The van der Waals surface area contributed by atoms with Gasteiger partial charge in [0.05, 0.1) is 0 Å². The average molecular weight is 956 g/mol. The number of rotatable bonds is 49. The number of unbranched alkanes of at least 4 members (excludes halogenated alkanes) is 18. The molecule has 0 spiro atoms. The Labute approximate surface area is 424 Å². The van der Waals surface area contributed by atoms with Gasteiger partial charge in [-0.1, -0.05) is 213 Å². The van der Waals surface area contributed by atoms with Crippen molar-refractivity contribution in [3.05, 3.63) is 122 Å². The van der Waals surface area contributed by atoms with Gasteiger partial charge in [-0.2, -0.15) is 0 Å². The minimum Gasteiger partial charge on any atom is -0.462 e. The molecule has 0 amide bonds. The standard InChI is InChI=1S/C63H102O6/c1-4-7-10-13-16-19-22-25-28-30-31-33-36-39-42-45-48-51-54-57-63(66)69-60(58-67-61(64)55-52-49-46-43-40-37-34-27-24-21-18-15-12-9-6-3)59-68-62(65)56-53-50-47-44-41-38-35-32-29-26-23-20-17-14-11-8-5-2/h7-8,10-11,16-17,19-21,24-26,28-29,31,33,35,38-39,42,60H,4-6,9,12-15,18,22-23,27,30,32,34,36-37,40-41,43-59H2,1-3H3/b10-7-,11-8-,19-16-,20-17-,24-21-,28-25-,29-26-,33-31-,38-35-,42-39-/t60-/m0/s1. The van der Waals surface area contributed by atoms with Crippen LogP contribution in [-0.2, 0) is 28.6 Å². The summed E-state index contributed by atoms with van der Waals surface area (Å²) in [4.78, 5) is 38.1. The van der Waals surface area contributed by atoms with Crippen molar-refractivity contribution in [2.75, 3.05) is 13.2 Å². The van der Waals surface area contributed by atoms with Crippen molar-refractivity contribution in [2.24, 2.45) is 0 Å². The first-order chi connectivity index (χ1) is 34.0. The van der Waals surface area contributed by atoms with Crippen molar-refractivity contribution in [2.45, 2.75) is 245 Å². The summed E-state index contributed by atoms with van der Waals surface area (Å²) in [5.74, 6) is -0.969. The van der Waals surface area contributed by atoms with Gasteiger partial charge in [-0.05, 0) is 128 Å². The molecule has 69 heavy (non-hydrogen) atoms. The maximum Gasteiger partial charge on any atom is 0.306 e. The summed E-state index contributed by atoms with van der Waals surface area (Å²) < 4.78 is 16.8. The highest BCUT2D eigenvalue weighted by molar-refractivity contribution is 5.71. The molecule has 0 saturated carbocycles. The van der Waals surface area contributed by atoms with Crippen LogP contribution >= 0.6 is 0 Å². The highest BCUT2D eigenvalue weighted by Gasteiger charge is 2.19. The quantitative estimate of drug-likeness (QED) is 0.0262. The lowest BCUT2D eigenvalue weighted by molar-refractivity contribution is -0.167. The molecule has 0 fully saturated rings. The Morgan fingerprint density at radius 2 is 0.565 bits per heavy atom. The minimum absolute atomic E-state index is 0.105. The summed E-state index contributed by atoms with van der Waals surface area (Å²) in [6, 6.07) is 0. The fourth-order valence-corrected chi connectivity index (χ4v) is 7.28. The molecule has 0 aromatic heterocycles. The van der Waals surface area contributed by atoms with E-state index in [4.69, 9.17) is 14.2 Å². The van der Waals surface area contributed by atoms with Crippen molar-refractivity contribution >= 4 is 17.9 Å². The fraction of sp³-hybridized carbons (Fsp3) is 0.635. The third-order valence-corrected chi connectivity index (χ3v) is 11.4. The molecule has 0 saturated heterocycles. The molecule has 0 aliphatic rings. The molecule has 0 rings (SSSR count). The molecule has 0 heterocycles. The zero-order valence-electron chi connectivity index (χ0n) is 44.5. The van der Waals surface area contributed by atoms with E-state index < -0.39 is 6.10 Å². The van der Waals surface area contributed by atoms with Gasteiger partial charge >= 0.3 is 17.9 Å². The number of allylic oxidation sites excluding steroid dienone is 20. The second-order valence-electron chi connectivity index (χ2n) is 18.1. The molecule has 0 aliphatic heterocycles. The summed E-state index contributed by atoms with van der Waals surface area (Å²) in [5, 5.41) is 0. The molecule has 0 aliphatic carbocycles. The Hall–Kier alpha value is -4.19. The SMILES string of the molecule is CC/C=C\C/C=C\C/C=C\C/C=C\C/C=C\CCCCCC(=O)O[C@H](COC(=O)CCCCCC/C=C\C/C=C\C/C=C\C/C=C\CC)COC(=O)CCCCCCCCC/C=C\CCCCCC. The zero-order chi connectivity index (χ0) is 50.0. The van der Waals surface area contributed by atoms with Gasteiger partial charge in [-0.3, -0.25) is 14.4 Å². The lowest BCUT2D eigenvalue weighted by Gasteiger charge is -2.18. The first kappa shape index (κ1) is 64.8. The predicted octanol–water partition coefficient (Wildman–Crippen LogP) is 18.9. The van der Waals surface area contributed by atoms with Gasteiger partial charge in [0.25, 0.3) is 0 Å². The molecular formula is C63H102O6. The molecule has 0 N–H and O–H groups in total. The van der Waals surface area contributed by atoms with Gasteiger partial charge in [0, 0.05) is 19.3 Å². The maximum atomic E-state index is 12.8. The molecule has 390 valence electrons. The summed E-state index contributed by atoms with van der Waals surface area (Å²) in [5.41, 5.74) is 0. The minimum atomic E-state index is -0.811. The van der Waals surface area contributed by atoms with Gasteiger partial charge < -0.3 is 14.2 Å². The largest absolute Gasteiger partial charge is 0.462 e. The van der Waals surface area contributed by atoms with Crippen LogP contribution in [0, 0.1) is 0 Å². The van der Waals surface area contributed by atoms with E-state index in [2.05, 4.69) is 142 Å². The molecule has 0 unspecified atom stereocenters. The van der Waals surface area contributed by atoms with Gasteiger partial charge in [0.1, 0.15) is 13.2 Å². The van der Waals surface area contributed by atoms with E-state index in [0.29, 0.717) is 19.3 Å². The molecule has 0 aromatic carbocycles. The van der Waals surface area contributed by atoms with Crippen molar-refractivity contribution in [1.82, 2.24) is 0 Å². The number of hydrogen-bond acceptors (Lipinski definition) is 6. The van der Waals surface area contributed by atoms with E-state index in [9.17, 15) is 14.4 Å². The summed E-state index contributed by atoms with van der Waals surface area (Å²) in [6.45, 7) is 6.34. The number of carbonyl (C=O) groups excluding carboxylic acids is 3. The molecule has 0 radical (unpaired) electrons. The number of ether oxygens (including phenoxy) is 3. The Morgan fingerprint density at radius 3 is 0.913 bits per heavy atom. The highest BCUT2D eigenvalue weighted by Crippen LogP contribution is 2.13. The van der Waals surface area contributed by atoms with Gasteiger partial charge in [-0.25, -0.2) is 0 Å². The molecule has 1 atom stereocenters. The predicted molar refractivity (Wildman–Crippen MR) is 297 cm³/mol. The van der Waals surface area contributed by atoms with Gasteiger partial charge in [0.2, 0.25) is 0 Å². The first-order valence-electron chi connectivity index (χ1n) is 28.0. The van der Waals surface area contributed by atoms with Crippen LogP contribution < -0.4 is 0 Å². The van der Waals surface area contributed by atoms with Crippen molar-refractivity contribution in [1.29, 1.82) is 0 Å². The fourth-order valence-electron chi connectivity index (χ4n) is 7.28. The number of carbonyl (C=O) groups is 3. The van der Waals surface area contributed by atoms with Crippen LogP contribution in [0.1, 0.15) is 239 Å². The van der Waals surface area contributed by atoms with Crippen LogP contribution in [0.4, 0.5) is 0 Å². The van der Waals surface area contributed by atoms with E-state index in [0.717, 1.165) is 128 Å². The number of hydrogen-bond donors (Lipinski definition) is 0. The van der Waals surface area contributed by atoms with E-state index >= 15 is 0 Å². The Kier molecular flexibility index (Phi) is 53.0. The van der Waals surface area contributed by atoms with Crippen molar-refractivity contribution in [3.8, 4) is 0 Å². The van der Waals surface area contributed by atoms with Crippen LogP contribution in [0.15, 0.2) is 122 Å². The van der Waals surface area contributed by atoms with Gasteiger partial charge in [0.15, 0.2) is 6.10 Å². The Morgan fingerprint density at radius 1 is 0.304 bits per heavy atom. The summed E-state index contributed by atoms with van der Waals surface area (Å²) in [6.07, 6.45) is 77.5. The monoisotopic (exact) mass is 955 g/mol. The van der Waals surface area contributed by atoms with Crippen LogP contribution in [0.3, 0.4) is 0 Å². The van der Waals surface area contributed by atoms with Crippen LogP contribution in [-0.4, -0.2) is 37.2 Å². The lowest BCUT2D eigenvalue weighted by atomic mass is 10.1. The highest BCUT2D eigenvalue weighted by atomic mass is 16.6. The lowest BCUT2D eigenvalue weighted by Crippen LogP contribution is -2.30. The third kappa shape index (κ3) is 54.6. The molecule has 0 aromatic rings. The smallest absolute Gasteiger partial charge is 0.306 e. The molecule has 0 bridgehead atoms. The van der Waals surface area contributed by atoms with Crippen LogP contribution in [0.5, 0.6) is 0 Å².